The number of anilines is 6. The number of aromatic nitrogens is 2. The molecule has 3 aromatic heterocycles. The Morgan fingerprint density at radius 2 is 0.595 bits per heavy atom. The number of nitrogens with zero attached hydrogens (tertiary/aromatic N) is 4. The highest BCUT2D eigenvalue weighted by molar-refractivity contribution is 7.00. The van der Waals surface area contributed by atoms with Crippen LogP contribution in [0.4, 0.5) is 34.1 Å². The van der Waals surface area contributed by atoms with Gasteiger partial charge in [-0.1, -0.05) is 310 Å². The van der Waals surface area contributed by atoms with Crippen LogP contribution >= 0.6 is 0 Å². The Morgan fingerprint density at radius 1 is 0.241 bits per heavy atom. The first-order valence-corrected chi connectivity index (χ1v) is 41.4. The molecular weight excluding hydrogens is 1400 g/mol. The summed E-state index contributed by atoms with van der Waals surface area (Å²) in [4.78, 5) is 5.47. The van der Waals surface area contributed by atoms with Crippen LogP contribution in [0, 0.1) is 0 Å². The molecule has 0 unspecified atom stereocenters. The van der Waals surface area contributed by atoms with Gasteiger partial charge in [0, 0.05) is 88.7 Å². The number of hydrogen-bond acceptors (Lipinski definition) is 3. The molecule has 0 bridgehead atoms. The summed E-state index contributed by atoms with van der Waals surface area (Å²) in [6.45, 7) is 34.9. The minimum atomic E-state index is -0.380. The number of hydrogen-bond donors (Lipinski definition) is 0. The Kier molecular flexibility index (Phi) is 16.5. The Bertz CT molecular complexity index is 6820. The number of benzene rings is 15. The lowest BCUT2D eigenvalue weighted by Crippen LogP contribution is -2.61. The van der Waals surface area contributed by atoms with Gasteiger partial charge in [0.1, 0.15) is 11.2 Å². The molecule has 0 N–H and O–H groups in total. The second kappa shape index (κ2) is 26.5. The van der Waals surface area contributed by atoms with Crippen LogP contribution in [-0.2, 0) is 27.1 Å². The van der Waals surface area contributed by atoms with Gasteiger partial charge in [0.25, 0.3) is 6.71 Å². The summed E-state index contributed by atoms with van der Waals surface area (Å²) in [6.07, 6.45) is 0. The van der Waals surface area contributed by atoms with E-state index >= 15 is 0 Å². The largest absolute Gasteiger partial charge is 0.456 e. The average molecular weight is 1500 g/mol. The molecule has 0 saturated carbocycles. The number of rotatable bonds is 9. The van der Waals surface area contributed by atoms with E-state index in [2.05, 4.69) is 438 Å². The van der Waals surface area contributed by atoms with Gasteiger partial charge in [-0.15, -0.1) is 0 Å². The molecule has 18 aromatic rings. The molecule has 2 aliphatic rings. The standard InChI is InChI=1S/C110H97BN4O/c1-106(2,3)73-46-54-92-85(60-73)86-61-74(107(4,5)6)47-55-93(86)112(92)78-50-52-90-96(66-78)114(104-80(69-34-22-17-23-35-69)41-30-42-81(104)70-36-24-18-25-37-70)98-64-77(110(13,14)15)65-99-103(98)111(90)91-53-51-79(113-94-56-48-75(108(7,8)9)62-87(94)88-63-76(109(10,11)12)49-57-95(88)113)67-97(91)115(99)105-84(71-38-26-19-27-39-71)58-72(68-32-20-16-21-33-68)59-89(105)82-43-31-45-101-102(82)83-40-28-29-44-100(83)116-101/h16-67H,1-15H3. The van der Waals surface area contributed by atoms with Crippen molar-refractivity contribution in [2.45, 2.75) is 131 Å². The summed E-state index contributed by atoms with van der Waals surface area (Å²) >= 11 is 0. The van der Waals surface area contributed by atoms with Crippen LogP contribution in [0.3, 0.4) is 0 Å². The van der Waals surface area contributed by atoms with Crippen molar-refractivity contribution in [1.82, 2.24) is 9.13 Å². The van der Waals surface area contributed by atoms with Gasteiger partial charge in [0.15, 0.2) is 0 Å². The Hall–Kier alpha value is -12.6. The van der Waals surface area contributed by atoms with Gasteiger partial charge in [0.2, 0.25) is 0 Å². The van der Waals surface area contributed by atoms with Crippen LogP contribution in [-0.4, -0.2) is 15.8 Å². The van der Waals surface area contributed by atoms with Crippen molar-refractivity contribution in [3.63, 3.8) is 0 Å². The summed E-state index contributed by atoms with van der Waals surface area (Å²) in [5, 5.41) is 7.16. The molecule has 15 aromatic carbocycles. The number of para-hydroxylation sites is 2. The molecule has 0 spiro atoms. The van der Waals surface area contributed by atoms with E-state index in [1.807, 2.05) is 0 Å². The summed E-state index contributed by atoms with van der Waals surface area (Å²) in [5.41, 5.74) is 35.8. The Labute approximate surface area is 682 Å². The van der Waals surface area contributed by atoms with Crippen LogP contribution in [0.15, 0.2) is 320 Å². The zero-order valence-electron chi connectivity index (χ0n) is 69.3. The third-order valence-corrected chi connectivity index (χ3v) is 25.1. The van der Waals surface area contributed by atoms with Crippen molar-refractivity contribution in [1.29, 1.82) is 0 Å². The third kappa shape index (κ3) is 11.8. The molecule has 0 radical (unpaired) electrons. The molecule has 0 amide bonds. The van der Waals surface area contributed by atoms with Gasteiger partial charge < -0.3 is 23.4 Å². The molecule has 0 atom stereocenters. The highest BCUT2D eigenvalue weighted by atomic mass is 16.3. The molecule has 6 heteroatoms. The minimum Gasteiger partial charge on any atom is -0.456 e. The van der Waals surface area contributed by atoms with E-state index in [0.29, 0.717) is 0 Å². The molecule has 5 heterocycles. The Balaban J connectivity index is 0.972. The number of fused-ring (bicyclic) bond motifs is 13. The van der Waals surface area contributed by atoms with Crippen molar-refractivity contribution in [3.05, 3.63) is 343 Å². The van der Waals surface area contributed by atoms with Crippen molar-refractivity contribution in [2.24, 2.45) is 0 Å². The molecular formula is C110H97BN4O. The number of furan rings is 1. The summed E-state index contributed by atoms with van der Waals surface area (Å²) < 4.78 is 12.1. The van der Waals surface area contributed by atoms with Gasteiger partial charge in [-0.2, -0.15) is 0 Å². The SMILES string of the molecule is CC(C)(C)c1cc2c3c(c1)N(c1c(-c4ccccc4)cc(-c4ccccc4)cc1-c1cccc4oc5ccccc5c14)c1cc(-n4c5ccc(C(C)(C)C)cc5c5cc(C(C)(C)C)ccc54)ccc1B3c1ccc(-n3c4ccc(C(C)(C)C)cc4c4cc(C(C)(C)C)ccc43)cc1N2c1c(-c2ccccc2)cccc1-c1ccccc1. The van der Waals surface area contributed by atoms with Gasteiger partial charge in [-0.05, 0) is 214 Å². The van der Waals surface area contributed by atoms with Gasteiger partial charge in [0.05, 0.1) is 33.4 Å². The van der Waals surface area contributed by atoms with E-state index in [9.17, 15) is 0 Å². The fourth-order valence-electron chi connectivity index (χ4n) is 18.8. The van der Waals surface area contributed by atoms with Crippen molar-refractivity contribution in [2.75, 3.05) is 9.80 Å². The van der Waals surface area contributed by atoms with E-state index < -0.39 is 0 Å². The van der Waals surface area contributed by atoms with Crippen LogP contribution in [0.2, 0.25) is 0 Å². The van der Waals surface area contributed by atoms with Gasteiger partial charge in [-0.3, -0.25) is 0 Å². The first-order valence-electron chi connectivity index (χ1n) is 41.4. The topological polar surface area (TPSA) is 29.5 Å². The zero-order chi connectivity index (χ0) is 79.8. The highest BCUT2D eigenvalue weighted by Crippen LogP contribution is 2.57. The van der Waals surface area contributed by atoms with E-state index in [1.165, 1.54) is 87.8 Å². The van der Waals surface area contributed by atoms with E-state index in [0.717, 1.165) is 123 Å². The maximum absolute atomic E-state index is 6.98. The predicted molar refractivity (Wildman–Crippen MR) is 497 cm³/mol. The monoisotopic (exact) mass is 1500 g/mol. The second-order valence-electron chi connectivity index (χ2n) is 37.7. The third-order valence-electron chi connectivity index (χ3n) is 25.1. The van der Waals surface area contributed by atoms with Crippen LogP contribution in [0.5, 0.6) is 0 Å². The van der Waals surface area contributed by atoms with Crippen molar-refractivity contribution in [3.8, 4) is 67.0 Å². The molecule has 566 valence electrons. The Morgan fingerprint density at radius 3 is 1.02 bits per heavy atom. The summed E-state index contributed by atoms with van der Waals surface area (Å²) in [5.74, 6) is 0. The van der Waals surface area contributed by atoms with Crippen molar-refractivity contribution < 1.29 is 4.42 Å². The normalized spacial score (nSPS) is 13.2. The quantitative estimate of drug-likeness (QED) is 0.135. The van der Waals surface area contributed by atoms with Crippen molar-refractivity contribution >= 4 is 123 Å². The first kappa shape index (κ1) is 72.3. The van der Waals surface area contributed by atoms with E-state index in [4.69, 9.17) is 4.42 Å². The molecule has 0 saturated heterocycles. The maximum atomic E-state index is 6.98. The minimum absolute atomic E-state index is 0.0707. The second-order valence-corrected chi connectivity index (χ2v) is 37.7. The molecule has 5 nitrogen and oxygen atoms in total. The zero-order valence-corrected chi connectivity index (χ0v) is 69.3. The smallest absolute Gasteiger partial charge is 0.252 e. The highest BCUT2D eigenvalue weighted by Gasteiger charge is 2.47. The lowest BCUT2D eigenvalue weighted by Gasteiger charge is -2.46. The first-order chi connectivity index (χ1) is 55.7. The summed E-state index contributed by atoms with van der Waals surface area (Å²) in [7, 11) is 0. The van der Waals surface area contributed by atoms with Crippen LogP contribution in [0.25, 0.3) is 133 Å². The summed E-state index contributed by atoms with van der Waals surface area (Å²) in [6, 6.07) is 121. The lowest BCUT2D eigenvalue weighted by molar-refractivity contribution is 0.590. The predicted octanol–water partition coefficient (Wildman–Crippen LogP) is 28.7. The fraction of sp³-hybridized carbons (Fsp3) is 0.182. The average Bonchev–Trinajstić information content (AvgIpc) is 0.795. The molecule has 0 aliphatic carbocycles. The van der Waals surface area contributed by atoms with E-state index in [-0.39, 0.29) is 33.8 Å². The maximum Gasteiger partial charge on any atom is 0.252 e. The van der Waals surface area contributed by atoms with Crippen LogP contribution in [0.1, 0.15) is 132 Å². The molecule has 20 rings (SSSR count). The lowest BCUT2D eigenvalue weighted by atomic mass is 9.33. The molecule has 116 heavy (non-hydrogen) atoms. The fourth-order valence-corrected chi connectivity index (χ4v) is 18.8. The van der Waals surface area contributed by atoms with Gasteiger partial charge in [-0.25, -0.2) is 0 Å². The molecule has 0 fully saturated rings. The van der Waals surface area contributed by atoms with E-state index in [1.54, 1.807) is 0 Å². The van der Waals surface area contributed by atoms with Crippen LogP contribution < -0.4 is 26.2 Å². The molecule has 2 aliphatic heterocycles. The van der Waals surface area contributed by atoms with Gasteiger partial charge >= 0.3 is 0 Å².